The highest BCUT2D eigenvalue weighted by molar-refractivity contribution is 7.71. The van der Waals surface area contributed by atoms with Gasteiger partial charge in [-0.3, -0.25) is 14.5 Å². The first kappa shape index (κ1) is 20.7. The standard InChI is InChI=1S/C19H22ClN5OS2/c1-24(2)15(13-6-3-4-7-14(13)20)12-21-17(26)9-10-25-18(22-23-19(25)27)16-8-5-11-28-16/h3-8,11,15H,9-10,12H2,1-2H3,(H,21,26)(H,23,27)/t15-/m1/s1. The molecule has 2 heterocycles. The molecule has 148 valence electrons. The van der Waals surface area contributed by atoms with Crippen molar-refractivity contribution in [2.45, 2.75) is 19.0 Å². The van der Waals surface area contributed by atoms with Crippen molar-refractivity contribution in [1.29, 1.82) is 0 Å². The SMILES string of the molecule is CN(C)[C@H](CNC(=O)CCn1c(-c2cccs2)n[nH]c1=S)c1ccccc1Cl. The molecular formula is C19H22ClN5OS2. The molecular weight excluding hydrogens is 414 g/mol. The number of benzene rings is 1. The number of hydrogen-bond donors (Lipinski definition) is 2. The number of carbonyl (C=O) groups excluding carboxylic acids is 1. The first-order valence-corrected chi connectivity index (χ1v) is 10.5. The smallest absolute Gasteiger partial charge is 0.221 e. The molecule has 0 saturated heterocycles. The van der Waals surface area contributed by atoms with Crippen LogP contribution in [0, 0.1) is 4.77 Å². The number of thiophene rings is 1. The Bertz CT molecular complexity index is 980. The van der Waals surface area contributed by atoms with Gasteiger partial charge in [0.25, 0.3) is 0 Å². The van der Waals surface area contributed by atoms with Crippen LogP contribution in [-0.2, 0) is 11.3 Å². The Morgan fingerprint density at radius 3 is 2.82 bits per heavy atom. The molecule has 3 rings (SSSR count). The maximum Gasteiger partial charge on any atom is 0.221 e. The minimum absolute atomic E-state index is 0.00424. The fraction of sp³-hybridized carbons (Fsp3) is 0.316. The van der Waals surface area contributed by atoms with Gasteiger partial charge in [-0.15, -0.1) is 11.3 Å². The number of H-pyrrole nitrogens is 1. The molecule has 1 aromatic carbocycles. The summed E-state index contributed by atoms with van der Waals surface area (Å²) in [6.45, 7) is 0.942. The molecule has 0 unspecified atom stereocenters. The van der Waals surface area contributed by atoms with Gasteiger partial charge >= 0.3 is 0 Å². The Morgan fingerprint density at radius 2 is 2.14 bits per heavy atom. The Kier molecular flexibility index (Phi) is 7.01. The second kappa shape index (κ2) is 9.47. The summed E-state index contributed by atoms with van der Waals surface area (Å²) in [7, 11) is 3.94. The van der Waals surface area contributed by atoms with Gasteiger partial charge in [-0.2, -0.15) is 5.10 Å². The van der Waals surface area contributed by atoms with Crippen molar-refractivity contribution in [3.8, 4) is 10.7 Å². The fourth-order valence-electron chi connectivity index (χ4n) is 2.95. The van der Waals surface area contributed by atoms with Crippen LogP contribution < -0.4 is 5.32 Å². The molecule has 0 aliphatic rings. The van der Waals surface area contributed by atoms with Crippen molar-refractivity contribution in [3.63, 3.8) is 0 Å². The van der Waals surface area contributed by atoms with Gasteiger partial charge < -0.3 is 10.2 Å². The molecule has 0 spiro atoms. The Hall–Kier alpha value is -2.00. The summed E-state index contributed by atoms with van der Waals surface area (Å²) in [5.41, 5.74) is 0.992. The van der Waals surface area contributed by atoms with E-state index in [1.165, 1.54) is 0 Å². The summed E-state index contributed by atoms with van der Waals surface area (Å²) in [4.78, 5) is 15.5. The molecule has 3 aromatic rings. The Morgan fingerprint density at radius 1 is 1.36 bits per heavy atom. The third kappa shape index (κ3) is 4.88. The zero-order valence-electron chi connectivity index (χ0n) is 15.7. The number of halogens is 1. The molecule has 0 saturated carbocycles. The molecule has 1 atom stereocenters. The van der Waals surface area contributed by atoms with Crippen molar-refractivity contribution in [2.75, 3.05) is 20.6 Å². The van der Waals surface area contributed by atoms with Crippen molar-refractivity contribution in [2.24, 2.45) is 0 Å². The van der Waals surface area contributed by atoms with Gasteiger partial charge in [0.1, 0.15) is 0 Å². The number of likely N-dealkylation sites (N-methyl/N-ethyl adjacent to an activating group) is 1. The zero-order chi connectivity index (χ0) is 20.1. The third-order valence-electron chi connectivity index (χ3n) is 4.44. The van der Waals surface area contributed by atoms with Gasteiger partial charge in [0, 0.05) is 24.5 Å². The highest BCUT2D eigenvalue weighted by Crippen LogP contribution is 2.25. The van der Waals surface area contributed by atoms with Crippen LogP contribution in [0.3, 0.4) is 0 Å². The molecule has 0 fully saturated rings. The number of carbonyl (C=O) groups is 1. The lowest BCUT2D eigenvalue weighted by Crippen LogP contribution is -2.35. The highest BCUT2D eigenvalue weighted by Gasteiger charge is 2.18. The molecule has 2 aromatic heterocycles. The van der Waals surface area contributed by atoms with Crippen LogP contribution >= 0.6 is 35.2 Å². The molecule has 28 heavy (non-hydrogen) atoms. The third-order valence-corrected chi connectivity index (χ3v) is 5.96. The summed E-state index contributed by atoms with van der Waals surface area (Å²) in [6, 6.07) is 11.6. The van der Waals surface area contributed by atoms with Crippen LogP contribution in [0.5, 0.6) is 0 Å². The minimum atomic E-state index is -0.0425. The maximum absolute atomic E-state index is 12.5. The van der Waals surface area contributed by atoms with Crippen LogP contribution in [0.4, 0.5) is 0 Å². The number of nitrogens with one attached hydrogen (secondary N) is 2. The van der Waals surface area contributed by atoms with E-state index in [2.05, 4.69) is 15.5 Å². The zero-order valence-corrected chi connectivity index (χ0v) is 18.1. The van der Waals surface area contributed by atoms with Crippen molar-refractivity contribution >= 4 is 41.1 Å². The normalized spacial score (nSPS) is 12.3. The largest absolute Gasteiger partial charge is 0.354 e. The van der Waals surface area contributed by atoms with E-state index < -0.39 is 0 Å². The lowest BCUT2D eigenvalue weighted by molar-refractivity contribution is -0.121. The van der Waals surface area contributed by atoms with E-state index in [1.54, 1.807) is 11.3 Å². The topological polar surface area (TPSA) is 66.0 Å². The number of nitrogens with zero attached hydrogens (tertiary/aromatic N) is 3. The first-order valence-electron chi connectivity index (χ1n) is 8.84. The molecule has 6 nitrogen and oxygen atoms in total. The van der Waals surface area contributed by atoms with E-state index in [4.69, 9.17) is 23.8 Å². The number of rotatable bonds is 8. The van der Waals surface area contributed by atoms with E-state index in [1.807, 2.05) is 65.3 Å². The number of aromatic nitrogens is 3. The molecule has 0 bridgehead atoms. The predicted molar refractivity (Wildman–Crippen MR) is 116 cm³/mol. The molecule has 1 amide bonds. The summed E-state index contributed by atoms with van der Waals surface area (Å²) in [5, 5.41) is 12.8. The fourth-order valence-corrected chi connectivity index (χ4v) is 4.15. The lowest BCUT2D eigenvalue weighted by Gasteiger charge is -2.26. The van der Waals surface area contributed by atoms with Crippen LogP contribution in [0.2, 0.25) is 5.02 Å². The van der Waals surface area contributed by atoms with Gasteiger partial charge in [0.15, 0.2) is 10.6 Å². The van der Waals surface area contributed by atoms with E-state index >= 15 is 0 Å². The summed E-state index contributed by atoms with van der Waals surface area (Å²) in [5.74, 6) is 0.717. The lowest BCUT2D eigenvalue weighted by atomic mass is 10.1. The number of amides is 1. The minimum Gasteiger partial charge on any atom is -0.354 e. The monoisotopic (exact) mass is 435 g/mol. The Balaban J connectivity index is 1.61. The molecule has 2 N–H and O–H groups in total. The molecule has 0 aliphatic carbocycles. The van der Waals surface area contributed by atoms with Crippen molar-refractivity contribution in [3.05, 3.63) is 57.1 Å². The van der Waals surface area contributed by atoms with Gasteiger partial charge in [-0.25, -0.2) is 0 Å². The van der Waals surface area contributed by atoms with Crippen LogP contribution in [0.25, 0.3) is 10.7 Å². The van der Waals surface area contributed by atoms with Crippen LogP contribution in [0.15, 0.2) is 41.8 Å². The number of hydrogen-bond acceptors (Lipinski definition) is 5. The predicted octanol–water partition coefficient (Wildman–Crippen LogP) is 4.13. The van der Waals surface area contributed by atoms with E-state index in [0.29, 0.717) is 29.3 Å². The summed E-state index contributed by atoms with van der Waals surface area (Å²) >= 11 is 13.2. The summed E-state index contributed by atoms with van der Waals surface area (Å²) in [6.07, 6.45) is 0.314. The van der Waals surface area contributed by atoms with Crippen LogP contribution in [0.1, 0.15) is 18.0 Å². The van der Waals surface area contributed by atoms with Gasteiger partial charge in [-0.1, -0.05) is 35.9 Å². The Labute approximate surface area is 178 Å². The van der Waals surface area contributed by atoms with E-state index in [-0.39, 0.29) is 11.9 Å². The average Bonchev–Trinajstić information content (AvgIpc) is 3.31. The molecule has 0 radical (unpaired) electrons. The van der Waals surface area contributed by atoms with Gasteiger partial charge in [0.2, 0.25) is 5.91 Å². The first-order chi connectivity index (χ1) is 13.5. The second-order valence-electron chi connectivity index (χ2n) is 6.54. The molecule has 0 aliphatic heterocycles. The van der Waals surface area contributed by atoms with Gasteiger partial charge in [-0.05, 0) is 49.4 Å². The van der Waals surface area contributed by atoms with Crippen LogP contribution in [-0.4, -0.2) is 46.2 Å². The maximum atomic E-state index is 12.5. The van der Waals surface area contributed by atoms with Gasteiger partial charge in [0.05, 0.1) is 10.9 Å². The van der Waals surface area contributed by atoms with E-state index in [0.717, 1.165) is 16.3 Å². The quantitative estimate of drug-likeness (QED) is 0.522. The molecule has 9 heteroatoms. The van der Waals surface area contributed by atoms with Crippen molar-refractivity contribution < 1.29 is 4.79 Å². The highest BCUT2D eigenvalue weighted by atomic mass is 35.5. The number of aromatic amines is 1. The van der Waals surface area contributed by atoms with E-state index in [9.17, 15) is 4.79 Å². The van der Waals surface area contributed by atoms with Crippen molar-refractivity contribution in [1.82, 2.24) is 25.0 Å². The average molecular weight is 436 g/mol. The second-order valence-corrected chi connectivity index (χ2v) is 8.28. The summed E-state index contributed by atoms with van der Waals surface area (Å²) < 4.78 is 2.37.